The molecule has 2 aromatic rings. The van der Waals surface area contributed by atoms with E-state index < -0.39 is 11.4 Å². The van der Waals surface area contributed by atoms with Gasteiger partial charge < -0.3 is 5.11 Å². The molecule has 32 heavy (non-hydrogen) atoms. The highest BCUT2D eigenvalue weighted by Crippen LogP contribution is 2.46. The zero-order valence-electron chi connectivity index (χ0n) is 17.7. The molecule has 3 aliphatic carbocycles. The average molecular weight is 450 g/mol. The second kappa shape index (κ2) is 7.90. The SMILES string of the molecule is N#CC1(c2cccc(Cl)c2C(=O)n2nc(C3=CC[C@@H](C(=O)O)CC3)c3c2CCC3)CCC1. The number of nitriles is 1. The number of carboxylic acid groups (broad SMARTS) is 1. The van der Waals surface area contributed by atoms with Gasteiger partial charge in [-0.25, -0.2) is 0 Å². The summed E-state index contributed by atoms with van der Waals surface area (Å²) in [5.41, 5.74) is 4.27. The monoisotopic (exact) mass is 449 g/mol. The van der Waals surface area contributed by atoms with E-state index in [1.807, 2.05) is 12.1 Å². The topological polar surface area (TPSA) is 96.0 Å². The molecule has 6 nitrogen and oxygen atoms in total. The Morgan fingerprint density at radius 2 is 2.03 bits per heavy atom. The average Bonchev–Trinajstić information content (AvgIpc) is 3.36. The molecule has 0 saturated heterocycles. The second-order valence-electron chi connectivity index (χ2n) is 9.09. The predicted molar refractivity (Wildman–Crippen MR) is 120 cm³/mol. The van der Waals surface area contributed by atoms with Crippen LogP contribution in [0.5, 0.6) is 0 Å². The number of fused-ring (bicyclic) bond motifs is 1. The molecule has 0 amide bonds. The fourth-order valence-corrected chi connectivity index (χ4v) is 5.61. The first-order valence-corrected chi connectivity index (χ1v) is 11.6. The maximum atomic E-state index is 13.8. The molecule has 0 unspecified atom stereocenters. The van der Waals surface area contributed by atoms with Gasteiger partial charge in [0.25, 0.3) is 5.91 Å². The summed E-state index contributed by atoms with van der Waals surface area (Å²) in [6.45, 7) is 0. The quantitative estimate of drug-likeness (QED) is 0.714. The molecule has 1 aromatic heterocycles. The number of aromatic nitrogens is 2. The van der Waals surface area contributed by atoms with Crippen LogP contribution in [-0.4, -0.2) is 26.8 Å². The molecule has 1 aromatic carbocycles. The maximum absolute atomic E-state index is 13.8. The molecule has 3 aliphatic rings. The minimum Gasteiger partial charge on any atom is -0.481 e. The Labute approximate surface area is 191 Å². The molecule has 7 heteroatoms. The molecule has 1 heterocycles. The van der Waals surface area contributed by atoms with E-state index in [2.05, 4.69) is 6.07 Å². The summed E-state index contributed by atoms with van der Waals surface area (Å²) in [7, 11) is 0. The predicted octanol–water partition coefficient (Wildman–Crippen LogP) is 4.93. The zero-order valence-corrected chi connectivity index (χ0v) is 18.5. The van der Waals surface area contributed by atoms with Crippen molar-refractivity contribution in [3.05, 3.63) is 57.4 Å². The molecule has 0 spiro atoms. The van der Waals surface area contributed by atoms with Gasteiger partial charge in [-0.3, -0.25) is 9.59 Å². The standard InChI is InChI=1S/C25H24ClN3O3/c26-19-6-2-5-18(25(14-27)12-3-13-25)21(19)23(30)29-20-7-1-4-17(20)22(28-29)15-8-10-16(11-9-15)24(31)32/h2,5-6,8,16H,1,3-4,7,9-13H2,(H,31,32)/t16-/m1/s1. The van der Waals surface area contributed by atoms with Crippen molar-refractivity contribution in [3.8, 4) is 6.07 Å². The number of carbonyl (C=O) groups is 2. The lowest BCUT2D eigenvalue weighted by molar-refractivity contribution is -0.141. The molecule has 1 fully saturated rings. The Hall–Kier alpha value is -2.91. The number of benzene rings is 1. The highest BCUT2D eigenvalue weighted by molar-refractivity contribution is 6.34. The molecule has 1 saturated carbocycles. The number of allylic oxidation sites excluding steroid dienone is 2. The smallest absolute Gasteiger partial charge is 0.306 e. The summed E-state index contributed by atoms with van der Waals surface area (Å²) >= 11 is 6.53. The van der Waals surface area contributed by atoms with Gasteiger partial charge in [-0.2, -0.15) is 15.0 Å². The van der Waals surface area contributed by atoms with E-state index in [9.17, 15) is 20.0 Å². The van der Waals surface area contributed by atoms with Gasteiger partial charge in [-0.15, -0.1) is 0 Å². The Bertz CT molecular complexity index is 1200. The molecule has 5 rings (SSSR count). The summed E-state index contributed by atoms with van der Waals surface area (Å²) in [6, 6.07) is 7.78. The van der Waals surface area contributed by atoms with Crippen molar-refractivity contribution in [2.75, 3.05) is 0 Å². The molecular weight excluding hydrogens is 426 g/mol. The van der Waals surface area contributed by atoms with Crippen LogP contribution >= 0.6 is 11.6 Å². The van der Waals surface area contributed by atoms with Crippen LogP contribution in [0.2, 0.25) is 5.02 Å². The number of halogens is 1. The van der Waals surface area contributed by atoms with Crippen LogP contribution in [0.15, 0.2) is 24.3 Å². The highest BCUT2D eigenvalue weighted by atomic mass is 35.5. The summed E-state index contributed by atoms with van der Waals surface area (Å²) in [4.78, 5) is 25.1. The van der Waals surface area contributed by atoms with Crippen LogP contribution < -0.4 is 0 Å². The molecule has 0 radical (unpaired) electrons. The summed E-state index contributed by atoms with van der Waals surface area (Å²) in [5, 5.41) is 24.2. The van der Waals surface area contributed by atoms with Gasteiger partial charge in [-0.05, 0) is 75.0 Å². The Morgan fingerprint density at radius 1 is 1.22 bits per heavy atom. The van der Waals surface area contributed by atoms with Crippen LogP contribution in [0, 0.1) is 17.2 Å². The molecule has 164 valence electrons. The minimum atomic E-state index is -0.764. The van der Waals surface area contributed by atoms with Crippen molar-refractivity contribution < 1.29 is 14.7 Å². The van der Waals surface area contributed by atoms with Gasteiger partial charge in [0.05, 0.1) is 39.4 Å². The van der Waals surface area contributed by atoms with Crippen molar-refractivity contribution >= 4 is 29.1 Å². The van der Waals surface area contributed by atoms with E-state index in [0.29, 0.717) is 35.4 Å². The van der Waals surface area contributed by atoms with Crippen molar-refractivity contribution in [1.29, 1.82) is 5.26 Å². The molecule has 1 atom stereocenters. The maximum Gasteiger partial charge on any atom is 0.306 e. The first kappa shape index (κ1) is 21.0. The van der Waals surface area contributed by atoms with Crippen LogP contribution in [0.4, 0.5) is 0 Å². The summed E-state index contributed by atoms with van der Waals surface area (Å²) in [5.74, 6) is -1.40. The summed E-state index contributed by atoms with van der Waals surface area (Å²) < 4.78 is 1.50. The highest BCUT2D eigenvalue weighted by Gasteiger charge is 2.43. The van der Waals surface area contributed by atoms with Crippen LogP contribution in [0.1, 0.15) is 77.8 Å². The van der Waals surface area contributed by atoms with Crippen LogP contribution in [0.3, 0.4) is 0 Å². The van der Waals surface area contributed by atoms with Crippen molar-refractivity contribution in [3.63, 3.8) is 0 Å². The van der Waals surface area contributed by atoms with Gasteiger partial charge in [0.1, 0.15) is 0 Å². The van der Waals surface area contributed by atoms with E-state index >= 15 is 0 Å². The van der Waals surface area contributed by atoms with Crippen molar-refractivity contribution in [2.24, 2.45) is 5.92 Å². The van der Waals surface area contributed by atoms with Gasteiger partial charge in [0.2, 0.25) is 0 Å². The lowest BCUT2D eigenvalue weighted by Crippen LogP contribution is -2.35. The largest absolute Gasteiger partial charge is 0.481 e. The third-order valence-corrected chi connectivity index (χ3v) is 7.67. The van der Waals surface area contributed by atoms with E-state index in [1.165, 1.54) is 4.68 Å². The Balaban J connectivity index is 1.57. The van der Waals surface area contributed by atoms with E-state index in [-0.39, 0.29) is 11.8 Å². The molecular formula is C25H24ClN3O3. The molecule has 1 N–H and O–H groups in total. The number of rotatable bonds is 4. The Morgan fingerprint density at radius 3 is 2.66 bits per heavy atom. The Kier molecular flexibility index (Phi) is 5.17. The fraction of sp³-hybridized carbons (Fsp3) is 0.440. The first-order valence-electron chi connectivity index (χ1n) is 11.2. The lowest BCUT2D eigenvalue weighted by atomic mass is 9.64. The van der Waals surface area contributed by atoms with Gasteiger partial charge in [-0.1, -0.05) is 29.8 Å². The number of hydrogen-bond acceptors (Lipinski definition) is 4. The third kappa shape index (κ3) is 3.18. The normalized spacial score (nSPS) is 21.2. The van der Waals surface area contributed by atoms with E-state index in [0.717, 1.165) is 61.0 Å². The minimum absolute atomic E-state index is 0.281. The lowest BCUT2D eigenvalue weighted by Gasteiger charge is -2.37. The first-order chi connectivity index (χ1) is 15.4. The van der Waals surface area contributed by atoms with Crippen LogP contribution in [0.25, 0.3) is 5.57 Å². The number of carbonyl (C=O) groups excluding carboxylic acids is 1. The van der Waals surface area contributed by atoms with Crippen LogP contribution in [-0.2, 0) is 23.1 Å². The molecule has 0 bridgehead atoms. The van der Waals surface area contributed by atoms with Crippen molar-refractivity contribution in [2.45, 2.75) is 63.2 Å². The number of nitrogens with zero attached hydrogens (tertiary/aromatic N) is 3. The van der Waals surface area contributed by atoms with E-state index in [4.69, 9.17) is 16.7 Å². The third-order valence-electron chi connectivity index (χ3n) is 7.35. The van der Waals surface area contributed by atoms with Gasteiger partial charge in [0.15, 0.2) is 0 Å². The fourth-order valence-electron chi connectivity index (χ4n) is 5.35. The van der Waals surface area contributed by atoms with Gasteiger partial charge >= 0.3 is 5.97 Å². The summed E-state index contributed by atoms with van der Waals surface area (Å²) in [6.07, 6.45) is 8.67. The second-order valence-corrected chi connectivity index (χ2v) is 9.50. The number of carboxylic acids is 1. The van der Waals surface area contributed by atoms with Crippen molar-refractivity contribution in [1.82, 2.24) is 9.78 Å². The number of aliphatic carboxylic acids is 1. The molecule has 0 aliphatic heterocycles. The van der Waals surface area contributed by atoms with Gasteiger partial charge in [0, 0.05) is 5.56 Å². The number of hydrogen-bond donors (Lipinski definition) is 1. The van der Waals surface area contributed by atoms with E-state index in [1.54, 1.807) is 12.1 Å². The zero-order chi connectivity index (χ0) is 22.5.